The van der Waals surface area contributed by atoms with Crippen LogP contribution in [0.15, 0.2) is 0 Å². The summed E-state index contributed by atoms with van der Waals surface area (Å²) in [5, 5.41) is 8.43. The fourth-order valence-electron chi connectivity index (χ4n) is 1.31. The molecule has 0 aliphatic carbocycles. The first kappa shape index (κ1) is 15.3. The number of hydrogen-bond donors (Lipinski definition) is 1. The van der Waals surface area contributed by atoms with E-state index in [4.69, 9.17) is 5.11 Å². The van der Waals surface area contributed by atoms with Crippen LogP contribution in [0, 0.1) is 0 Å². The summed E-state index contributed by atoms with van der Waals surface area (Å²) < 4.78 is 0. The number of unbranched alkanes of at least 4 members (excludes halogenated alkanes) is 1. The molecule has 0 aromatic heterocycles. The van der Waals surface area contributed by atoms with Crippen molar-refractivity contribution in [2.24, 2.45) is 0 Å². The highest BCUT2D eigenvalue weighted by Crippen LogP contribution is 2.07. The maximum Gasteiger partial charge on any atom is 0.303 e. The third kappa shape index (κ3) is 7.56. The molecule has 1 N–H and O–H groups in total. The summed E-state index contributed by atoms with van der Waals surface area (Å²) in [6, 6.07) is 0. The third-order valence-corrected chi connectivity index (χ3v) is 3.30. The molecule has 4 nitrogen and oxygen atoms in total. The van der Waals surface area contributed by atoms with Crippen LogP contribution in [-0.4, -0.2) is 46.5 Å². The summed E-state index contributed by atoms with van der Waals surface area (Å²) in [4.78, 5) is 23.6. The Hall–Kier alpha value is -0.710. The molecule has 16 heavy (non-hydrogen) atoms. The van der Waals surface area contributed by atoms with Gasteiger partial charge >= 0.3 is 5.97 Å². The van der Waals surface area contributed by atoms with Crippen molar-refractivity contribution in [3.63, 3.8) is 0 Å². The van der Waals surface area contributed by atoms with E-state index in [9.17, 15) is 9.59 Å². The van der Waals surface area contributed by atoms with Crippen molar-refractivity contribution in [1.29, 1.82) is 0 Å². The van der Waals surface area contributed by atoms with Gasteiger partial charge in [0.1, 0.15) is 0 Å². The first-order chi connectivity index (χ1) is 7.61. The Labute approximate surface area is 101 Å². The third-order valence-electron chi connectivity index (χ3n) is 2.27. The van der Waals surface area contributed by atoms with Gasteiger partial charge in [-0.3, -0.25) is 9.59 Å². The van der Waals surface area contributed by atoms with Gasteiger partial charge in [-0.1, -0.05) is 0 Å². The van der Waals surface area contributed by atoms with Crippen LogP contribution in [0.4, 0.5) is 0 Å². The van der Waals surface area contributed by atoms with Crippen molar-refractivity contribution in [3.8, 4) is 0 Å². The SMILES string of the molecule is CCN(CC)C(=O)CSCCCCC(=O)O. The number of carbonyl (C=O) groups is 2. The summed E-state index contributed by atoms with van der Waals surface area (Å²) in [6.45, 7) is 5.46. The van der Waals surface area contributed by atoms with E-state index in [1.54, 1.807) is 11.8 Å². The van der Waals surface area contributed by atoms with Crippen LogP contribution in [0.1, 0.15) is 33.1 Å². The zero-order valence-corrected chi connectivity index (χ0v) is 10.9. The highest BCUT2D eigenvalue weighted by atomic mass is 32.2. The second-order valence-electron chi connectivity index (χ2n) is 3.47. The van der Waals surface area contributed by atoms with Crippen molar-refractivity contribution < 1.29 is 14.7 Å². The van der Waals surface area contributed by atoms with E-state index in [1.165, 1.54) is 0 Å². The fourth-order valence-corrected chi connectivity index (χ4v) is 2.22. The van der Waals surface area contributed by atoms with Crippen LogP contribution in [0.25, 0.3) is 0 Å². The van der Waals surface area contributed by atoms with Crippen LogP contribution in [0.3, 0.4) is 0 Å². The minimum Gasteiger partial charge on any atom is -0.481 e. The molecule has 0 heterocycles. The first-order valence-electron chi connectivity index (χ1n) is 5.69. The smallest absolute Gasteiger partial charge is 0.303 e. The van der Waals surface area contributed by atoms with Gasteiger partial charge in [-0.15, -0.1) is 0 Å². The van der Waals surface area contributed by atoms with Crippen LogP contribution >= 0.6 is 11.8 Å². The molecule has 0 aliphatic rings. The van der Waals surface area contributed by atoms with E-state index in [0.29, 0.717) is 12.2 Å². The standard InChI is InChI=1S/C11H21NO3S/c1-3-12(4-2)10(13)9-16-8-6-5-7-11(14)15/h3-9H2,1-2H3,(H,14,15). The lowest BCUT2D eigenvalue weighted by molar-refractivity contribution is -0.137. The molecular weight excluding hydrogens is 226 g/mol. The number of carbonyl (C=O) groups excluding carboxylic acids is 1. The number of aliphatic carboxylic acids is 1. The van der Waals surface area contributed by atoms with Gasteiger partial charge < -0.3 is 10.0 Å². The van der Waals surface area contributed by atoms with Gasteiger partial charge in [0.15, 0.2) is 0 Å². The molecule has 0 aliphatic heterocycles. The molecule has 0 aromatic carbocycles. The molecule has 5 heteroatoms. The van der Waals surface area contributed by atoms with E-state index < -0.39 is 5.97 Å². The van der Waals surface area contributed by atoms with Gasteiger partial charge in [-0.05, 0) is 32.4 Å². The predicted octanol–water partition coefficient (Wildman–Crippen LogP) is 1.84. The lowest BCUT2D eigenvalue weighted by atomic mass is 10.3. The van der Waals surface area contributed by atoms with E-state index in [0.717, 1.165) is 25.3 Å². The summed E-state index contributed by atoms with van der Waals surface area (Å²) in [5.41, 5.74) is 0. The van der Waals surface area contributed by atoms with E-state index in [1.807, 2.05) is 18.7 Å². The fraction of sp³-hybridized carbons (Fsp3) is 0.818. The second kappa shape index (κ2) is 9.51. The Morgan fingerprint density at radius 3 is 2.31 bits per heavy atom. The van der Waals surface area contributed by atoms with Crippen molar-refractivity contribution in [1.82, 2.24) is 4.90 Å². The van der Waals surface area contributed by atoms with Crippen LogP contribution < -0.4 is 0 Å². The number of rotatable bonds is 9. The highest BCUT2D eigenvalue weighted by Gasteiger charge is 2.08. The van der Waals surface area contributed by atoms with Gasteiger partial charge in [0.2, 0.25) is 5.91 Å². The number of carboxylic acids is 1. The lowest BCUT2D eigenvalue weighted by Crippen LogP contribution is -2.31. The molecule has 0 saturated carbocycles. The molecular formula is C11H21NO3S. The van der Waals surface area contributed by atoms with Crippen LogP contribution in [0.2, 0.25) is 0 Å². The molecule has 0 bridgehead atoms. The topological polar surface area (TPSA) is 57.6 Å². The number of amides is 1. The zero-order valence-electron chi connectivity index (χ0n) is 10.1. The normalized spacial score (nSPS) is 10.1. The maximum atomic E-state index is 11.6. The maximum absolute atomic E-state index is 11.6. The molecule has 94 valence electrons. The average molecular weight is 247 g/mol. The van der Waals surface area contributed by atoms with Gasteiger partial charge in [0, 0.05) is 19.5 Å². The lowest BCUT2D eigenvalue weighted by Gasteiger charge is -2.18. The van der Waals surface area contributed by atoms with E-state index in [-0.39, 0.29) is 12.3 Å². The van der Waals surface area contributed by atoms with Crippen molar-refractivity contribution in [2.45, 2.75) is 33.1 Å². The predicted molar refractivity (Wildman–Crippen MR) is 66.7 cm³/mol. The van der Waals surface area contributed by atoms with Crippen LogP contribution in [0.5, 0.6) is 0 Å². The molecule has 1 amide bonds. The number of hydrogen-bond acceptors (Lipinski definition) is 3. The van der Waals surface area contributed by atoms with Gasteiger partial charge in [0.25, 0.3) is 0 Å². The Bertz CT molecular complexity index is 217. The van der Waals surface area contributed by atoms with Crippen LogP contribution in [-0.2, 0) is 9.59 Å². The average Bonchev–Trinajstić information content (AvgIpc) is 2.24. The monoisotopic (exact) mass is 247 g/mol. The van der Waals surface area contributed by atoms with Gasteiger partial charge in [0.05, 0.1) is 5.75 Å². The quantitative estimate of drug-likeness (QED) is 0.632. The molecule has 0 spiro atoms. The molecule has 0 atom stereocenters. The highest BCUT2D eigenvalue weighted by molar-refractivity contribution is 7.99. The zero-order chi connectivity index (χ0) is 12.4. The van der Waals surface area contributed by atoms with Crippen molar-refractivity contribution >= 4 is 23.6 Å². The molecule has 0 unspecified atom stereocenters. The minimum atomic E-state index is -0.746. The summed E-state index contributed by atoms with van der Waals surface area (Å²) >= 11 is 1.59. The van der Waals surface area contributed by atoms with E-state index >= 15 is 0 Å². The summed E-state index contributed by atoms with van der Waals surface area (Å²) in [7, 11) is 0. The molecule has 0 fully saturated rings. The van der Waals surface area contributed by atoms with Crippen molar-refractivity contribution in [2.75, 3.05) is 24.6 Å². The summed E-state index contributed by atoms with van der Waals surface area (Å²) in [5.74, 6) is 0.798. The summed E-state index contributed by atoms with van der Waals surface area (Å²) in [6.07, 6.45) is 1.79. The second-order valence-corrected chi connectivity index (χ2v) is 4.57. The Kier molecular flexibility index (Phi) is 9.09. The van der Waals surface area contributed by atoms with E-state index in [2.05, 4.69) is 0 Å². The minimum absolute atomic E-state index is 0.174. The molecule has 0 saturated heterocycles. The molecule has 0 aromatic rings. The van der Waals surface area contributed by atoms with Gasteiger partial charge in [-0.2, -0.15) is 11.8 Å². The number of nitrogens with zero attached hydrogens (tertiary/aromatic N) is 1. The molecule has 0 rings (SSSR count). The van der Waals surface area contributed by atoms with Crippen molar-refractivity contribution in [3.05, 3.63) is 0 Å². The Morgan fingerprint density at radius 2 is 1.81 bits per heavy atom. The number of thioether (sulfide) groups is 1. The largest absolute Gasteiger partial charge is 0.481 e. The van der Waals surface area contributed by atoms with Gasteiger partial charge in [-0.25, -0.2) is 0 Å². The molecule has 0 radical (unpaired) electrons. The Morgan fingerprint density at radius 1 is 1.19 bits per heavy atom. The number of carboxylic acid groups (broad SMARTS) is 1. The Balaban J connectivity index is 3.44. The first-order valence-corrected chi connectivity index (χ1v) is 6.84.